The van der Waals surface area contributed by atoms with Gasteiger partial charge in [-0.3, -0.25) is 0 Å². The summed E-state index contributed by atoms with van der Waals surface area (Å²) in [6.07, 6.45) is 3.76. The lowest BCUT2D eigenvalue weighted by Gasteiger charge is -2.37. The summed E-state index contributed by atoms with van der Waals surface area (Å²) < 4.78 is 5.40. The summed E-state index contributed by atoms with van der Waals surface area (Å²) in [6, 6.07) is 0.131. The van der Waals surface area contributed by atoms with Crippen molar-refractivity contribution in [3.05, 3.63) is 12.7 Å². The molecule has 2 atom stereocenters. The van der Waals surface area contributed by atoms with Crippen molar-refractivity contribution in [1.82, 2.24) is 4.90 Å². The molecule has 0 aliphatic carbocycles. The van der Waals surface area contributed by atoms with Gasteiger partial charge < -0.3 is 9.64 Å². The van der Waals surface area contributed by atoms with Gasteiger partial charge in [-0.05, 0) is 39.5 Å². The first kappa shape index (κ1) is 13.1. The maximum absolute atomic E-state index is 12.0. The molecule has 0 aromatic rings. The molecule has 1 amide bonds. The number of carbonyl (C=O) groups is 1. The van der Waals surface area contributed by atoms with E-state index in [0.717, 1.165) is 19.4 Å². The molecule has 1 saturated heterocycles. The third-order valence-corrected chi connectivity index (χ3v) is 2.76. The maximum Gasteiger partial charge on any atom is 0.410 e. The van der Waals surface area contributed by atoms with E-state index in [2.05, 4.69) is 13.5 Å². The monoisotopic (exact) mass is 225 g/mol. The summed E-state index contributed by atoms with van der Waals surface area (Å²) in [5.74, 6) is 0.545. The second-order valence-electron chi connectivity index (χ2n) is 5.62. The standard InChI is InChI=1S/C13H23NO2/c1-6-11-8-7-10(2)9-14(11)12(15)16-13(3,4)5/h6,10-11H,1,7-9H2,2-5H3/t10-,11+/m0/s1. The van der Waals surface area contributed by atoms with Crippen molar-refractivity contribution in [1.29, 1.82) is 0 Å². The number of amides is 1. The Labute approximate surface area is 98.5 Å². The van der Waals surface area contributed by atoms with E-state index in [4.69, 9.17) is 4.74 Å². The van der Waals surface area contributed by atoms with Crippen molar-refractivity contribution in [2.45, 2.75) is 52.2 Å². The van der Waals surface area contributed by atoms with Gasteiger partial charge in [0, 0.05) is 6.54 Å². The molecule has 92 valence electrons. The van der Waals surface area contributed by atoms with Crippen molar-refractivity contribution in [2.75, 3.05) is 6.54 Å². The second kappa shape index (κ2) is 4.89. The van der Waals surface area contributed by atoms with Gasteiger partial charge in [0.15, 0.2) is 0 Å². The number of rotatable bonds is 1. The highest BCUT2D eigenvalue weighted by atomic mass is 16.6. The van der Waals surface area contributed by atoms with Crippen molar-refractivity contribution >= 4 is 6.09 Å². The molecule has 1 rings (SSSR count). The molecule has 1 heterocycles. The van der Waals surface area contributed by atoms with Crippen LogP contribution in [0.1, 0.15) is 40.5 Å². The van der Waals surface area contributed by atoms with Crippen molar-refractivity contribution < 1.29 is 9.53 Å². The van der Waals surface area contributed by atoms with E-state index in [1.807, 2.05) is 26.8 Å². The zero-order valence-corrected chi connectivity index (χ0v) is 10.8. The van der Waals surface area contributed by atoms with Gasteiger partial charge in [0.2, 0.25) is 0 Å². The molecular formula is C13H23NO2. The molecule has 1 fully saturated rings. The molecular weight excluding hydrogens is 202 g/mol. The quantitative estimate of drug-likeness (QED) is 0.641. The largest absolute Gasteiger partial charge is 0.444 e. The number of piperidine rings is 1. The minimum absolute atomic E-state index is 0.131. The maximum atomic E-state index is 12.0. The summed E-state index contributed by atoms with van der Waals surface area (Å²) in [5.41, 5.74) is -0.427. The average Bonchev–Trinajstić information content (AvgIpc) is 2.15. The summed E-state index contributed by atoms with van der Waals surface area (Å²) in [5, 5.41) is 0. The van der Waals surface area contributed by atoms with Crippen LogP contribution in [0, 0.1) is 5.92 Å². The number of likely N-dealkylation sites (tertiary alicyclic amines) is 1. The zero-order chi connectivity index (χ0) is 12.3. The molecule has 0 bridgehead atoms. The minimum Gasteiger partial charge on any atom is -0.444 e. The number of ether oxygens (including phenoxy) is 1. The molecule has 0 radical (unpaired) electrons. The van der Waals surface area contributed by atoms with Crippen molar-refractivity contribution in [2.24, 2.45) is 5.92 Å². The fraction of sp³-hybridized carbons (Fsp3) is 0.769. The van der Waals surface area contributed by atoms with Crippen molar-refractivity contribution in [3.63, 3.8) is 0 Å². The van der Waals surface area contributed by atoms with Gasteiger partial charge in [0.05, 0.1) is 6.04 Å². The molecule has 0 unspecified atom stereocenters. The van der Waals surface area contributed by atoms with E-state index in [9.17, 15) is 4.79 Å². The number of hydrogen-bond donors (Lipinski definition) is 0. The van der Waals surface area contributed by atoms with Crippen LogP contribution >= 0.6 is 0 Å². The molecule has 16 heavy (non-hydrogen) atoms. The molecule has 0 saturated carbocycles. The van der Waals surface area contributed by atoms with Gasteiger partial charge in [-0.2, -0.15) is 0 Å². The fourth-order valence-corrected chi connectivity index (χ4v) is 1.95. The first-order valence-corrected chi connectivity index (χ1v) is 5.95. The lowest BCUT2D eigenvalue weighted by molar-refractivity contribution is 0.00988. The fourth-order valence-electron chi connectivity index (χ4n) is 1.95. The second-order valence-corrected chi connectivity index (χ2v) is 5.62. The molecule has 3 heteroatoms. The van der Waals surface area contributed by atoms with Crippen LogP contribution in [0.5, 0.6) is 0 Å². The Morgan fingerprint density at radius 1 is 1.44 bits per heavy atom. The highest BCUT2D eigenvalue weighted by Crippen LogP contribution is 2.24. The average molecular weight is 225 g/mol. The first-order chi connectivity index (χ1) is 7.33. The molecule has 3 nitrogen and oxygen atoms in total. The van der Waals surface area contributed by atoms with E-state index in [-0.39, 0.29) is 12.1 Å². The van der Waals surface area contributed by atoms with Crippen LogP contribution in [0.2, 0.25) is 0 Å². The third-order valence-electron chi connectivity index (χ3n) is 2.76. The van der Waals surface area contributed by atoms with Crippen molar-refractivity contribution in [3.8, 4) is 0 Å². The Morgan fingerprint density at radius 2 is 2.06 bits per heavy atom. The molecule has 0 spiro atoms. The van der Waals surface area contributed by atoms with Crippen LogP contribution in [0.15, 0.2) is 12.7 Å². The van der Waals surface area contributed by atoms with Crippen LogP contribution in [0.3, 0.4) is 0 Å². The summed E-state index contributed by atoms with van der Waals surface area (Å²) in [4.78, 5) is 13.8. The lowest BCUT2D eigenvalue weighted by Crippen LogP contribution is -2.47. The Morgan fingerprint density at radius 3 is 2.56 bits per heavy atom. The topological polar surface area (TPSA) is 29.5 Å². The molecule has 1 aliphatic rings. The minimum atomic E-state index is -0.427. The van der Waals surface area contributed by atoms with Gasteiger partial charge in [-0.1, -0.05) is 13.0 Å². The summed E-state index contributed by atoms with van der Waals surface area (Å²) in [6.45, 7) is 12.4. The van der Waals surface area contributed by atoms with E-state index < -0.39 is 5.60 Å². The highest BCUT2D eigenvalue weighted by Gasteiger charge is 2.31. The summed E-state index contributed by atoms with van der Waals surface area (Å²) >= 11 is 0. The Hall–Kier alpha value is -0.990. The van der Waals surface area contributed by atoms with Gasteiger partial charge in [0.25, 0.3) is 0 Å². The van der Waals surface area contributed by atoms with Crippen LogP contribution in [0.25, 0.3) is 0 Å². The molecule has 1 aliphatic heterocycles. The van der Waals surface area contributed by atoms with Crippen LogP contribution < -0.4 is 0 Å². The summed E-state index contributed by atoms with van der Waals surface area (Å²) in [7, 11) is 0. The lowest BCUT2D eigenvalue weighted by atomic mass is 9.94. The van der Waals surface area contributed by atoms with Crippen LogP contribution in [-0.2, 0) is 4.74 Å². The number of carbonyl (C=O) groups excluding carboxylic acids is 1. The zero-order valence-electron chi connectivity index (χ0n) is 10.8. The van der Waals surface area contributed by atoms with E-state index in [0.29, 0.717) is 5.92 Å². The SMILES string of the molecule is C=C[C@@H]1CC[C@H](C)CN1C(=O)OC(C)(C)C. The molecule has 0 aromatic heterocycles. The van der Waals surface area contributed by atoms with Crippen LogP contribution in [0.4, 0.5) is 4.79 Å². The Balaban J connectivity index is 2.67. The highest BCUT2D eigenvalue weighted by molar-refractivity contribution is 5.69. The smallest absolute Gasteiger partial charge is 0.410 e. The Kier molecular flexibility index (Phi) is 4.00. The van der Waals surface area contributed by atoms with Crippen LogP contribution in [-0.4, -0.2) is 29.2 Å². The van der Waals surface area contributed by atoms with E-state index in [1.54, 1.807) is 4.90 Å². The van der Waals surface area contributed by atoms with E-state index in [1.165, 1.54) is 0 Å². The van der Waals surface area contributed by atoms with Gasteiger partial charge in [-0.25, -0.2) is 4.79 Å². The first-order valence-electron chi connectivity index (χ1n) is 5.95. The number of nitrogens with zero attached hydrogens (tertiary/aromatic N) is 1. The third kappa shape index (κ3) is 3.54. The molecule has 0 N–H and O–H groups in total. The normalized spacial score (nSPS) is 26.4. The van der Waals surface area contributed by atoms with Gasteiger partial charge in [-0.15, -0.1) is 6.58 Å². The number of hydrogen-bond acceptors (Lipinski definition) is 2. The molecule has 0 aromatic carbocycles. The van der Waals surface area contributed by atoms with Gasteiger partial charge in [0.1, 0.15) is 5.60 Å². The predicted octanol–water partition coefficient (Wildman–Crippen LogP) is 3.21. The predicted molar refractivity (Wildman–Crippen MR) is 65.3 cm³/mol. The van der Waals surface area contributed by atoms with E-state index >= 15 is 0 Å². The Bertz CT molecular complexity index is 268. The van der Waals surface area contributed by atoms with Gasteiger partial charge >= 0.3 is 6.09 Å².